The van der Waals surface area contributed by atoms with Crippen molar-refractivity contribution in [1.29, 1.82) is 0 Å². The number of hydrogen-bond acceptors (Lipinski definition) is 4. The molecule has 0 bridgehead atoms. The smallest absolute Gasteiger partial charge is 0.253 e. The molecule has 3 rings (SSSR count). The summed E-state index contributed by atoms with van der Waals surface area (Å²) in [6.07, 6.45) is 8.75. The van der Waals surface area contributed by atoms with Gasteiger partial charge in [0.1, 0.15) is 12.1 Å². The highest BCUT2D eigenvalue weighted by Gasteiger charge is 2.42. The van der Waals surface area contributed by atoms with Crippen LogP contribution >= 0.6 is 0 Å². The summed E-state index contributed by atoms with van der Waals surface area (Å²) in [6.45, 7) is 1.83. The first-order valence-corrected chi connectivity index (χ1v) is 7.00. The van der Waals surface area contributed by atoms with Crippen LogP contribution in [0.5, 0.6) is 0 Å². The largest absolute Gasteiger partial charge is 0.394 e. The van der Waals surface area contributed by atoms with E-state index in [4.69, 9.17) is 0 Å². The van der Waals surface area contributed by atoms with E-state index in [1.165, 1.54) is 6.20 Å². The van der Waals surface area contributed by atoms with Crippen LogP contribution in [0.25, 0.3) is 5.82 Å². The molecular formula is C15H18N4O2. The molecule has 0 spiro atoms. The number of aliphatic hydroxyl groups excluding tert-OH is 1. The maximum absolute atomic E-state index is 12.3. The van der Waals surface area contributed by atoms with Crippen molar-refractivity contribution in [2.45, 2.75) is 25.3 Å². The third kappa shape index (κ3) is 2.80. The van der Waals surface area contributed by atoms with Crippen LogP contribution < -0.4 is 5.32 Å². The van der Waals surface area contributed by atoms with Gasteiger partial charge in [-0.1, -0.05) is 0 Å². The Bertz CT molecular complexity index is 620. The number of aromatic nitrogens is 3. The van der Waals surface area contributed by atoms with E-state index in [2.05, 4.69) is 15.3 Å². The Balaban J connectivity index is 1.73. The number of pyridine rings is 1. The van der Waals surface area contributed by atoms with Gasteiger partial charge < -0.3 is 10.4 Å². The third-order valence-electron chi connectivity index (χ3n) is 3.98. The molecular weight excluding hydrogens is 268 g/mol. The topological polar surface area (TPSA) is 80.0 Å². The Kier molecular flexibility index (Phi) is 3.47. The standard InChI is InChI=1S/C15H18N4O2/c1-15(9-20,12-3-4-12)18-14(21)11-2-5-13(17-8-11)19-7-6-16-10-19/h2,5-8,10,12,20H,3-4,9H2,1H3,(H,18,21). The lowest BCUT2D eigenvalue weighted by molar-refractivity contribution is 0.0824. The summed E-state index contributed by atoms with van der Waals surface area (Å²) < 4.78 is 1.77. The van der Waals surface area contributed by atoms with Crippen LogP contribution in [0.1, 0.15) is 30.1 Å². The number of nitrogens with one attached hydrogen (secondary N) is 1. The van der Waals surface area contributed by atoms with Gasteiger partial charge in [-0.2, -0.15) is 0 Å². The molecule has 1 amide bonds. The minimum Gasteiger partial charge on any atom is -0.394 e. The lowest BCUT2D eigenvalue weighted by Crippen LogP contribution is -2.50. The Morgan fingerprint density at radius 2 is 2.33 bits per heavy atom. The highest BCUT2D eigenvalue weighted by molar-refractivity contribution is 5.94. The van der Waals surface area contributed by atoms with E-state index >= 15 is 0 Å². The molecule has 6 nitrogen and oxygen atoms in total. The predicted molar refractivity (Wildman–Crippen MR) is 77.0 cm³/mol. The van der Waals surface area contributed by atoms with Crippen LogP contribution in [-0.2, 0) is 0 Å². The second-order valence-corrected chi connectivity index (χ2v) is 5.68. The zero-order valence-electron chi connectivity index (χ0n) is 11.9. The van der Waals surface area contributed by atoms with Crippen molar-refractivity contribution >= 4 is 5.91 Å². The van der Waals surface area contributed by atoms with Crippen molar-refractivity contribution in [3.63, 3.8) is 0 Å². The monoisotopic (exact) mass is 286 g/mol. The van der Waals surface area contributed by atoms with Crippen molar-refractivity contribution in [3.05, 3.63) is 42.6 Å². The molecule has 6 heteroatoms. The quantitative estimate of drug-likeness (QED) is 0.864. The SMILES string of the molecule is CC(CO)(NC(=O)c1ccc(-n2ccnc2)nc1)C1CC1. The molecule has 2 N–H and O–H groups in total. The van der Waals surface area contributed by atoms with Crippen LogP contribution in [0, 0.1) is 5.92 Å². The van der Waals surface area contributed by atoms with Gasteiger partial charge in [-0.3, -0.25) is 9.36 Å². The van der Waals surface area contributed by atoms with Gasteiger partial charge in [-0.25, -0.2) is 9.97 Å². The first-order valence-electron chi connectivity index (χ1n) is 7.00. The van der Waals surface area contributed by atoms with Crippen LogP contribution in [0.15, 0.2) is 37.1 Å². The Morgan fingerprint density at radius 1 is 1.52 bits per heavy atom. The summed E-state index contributed by atoms with van der Waals surface area (Å²) in [5.74, 6) is 0.865. The summed E-state index contributed by atoms with van der Waals surface area (Å²) in [5.41, 5.74) is -0.0562. The van der Waals surface area contributed by atoms with Gasteiger partial charge in [0.2, 0.25) is 0 Å². The molecule has 1 fully saturated rings. The molecule has 1 aliphatic carbocycles. The van der Waals surface area contributed by atoms with E-state index in [9.17, 15) is 9.90 Å². The molecule has 1 saturated carbocycles. The van der Waals surface area contributed by atoms with Gasteiger partial charge in [-0.15, -0.1) is 0 Å². The number of carbonyl (C=O) groups is 1. The molecule has 2 aromatic rings. The van der Waals surface area contributed by atoms with E-state index in [1.807, 2.05) is 6.92 Å². The minimum atomic E-state index is -0.542. The number of imidazole rings is 1. The van der Waals surface area contributed by atoms with Gasteiger partial charge in [-0.05, 0) is 37.8 Å². The zero-order chi connectivity index (χ0) is 14.9. The van der Waals surface area contributed by atoms with Crippen molar-refractivity contribution in [1.82, 2.24) is 19.9 Å². The predicted octanol–water partition coefficient (Wildman–Crippen LogP) is 1.16. The molecule has 1 unspecified atom stereocenters. The fourth-order valence-corrected chi connectivity index (χ4v) is 2.39. The minimum absolute atomic E-state index is 0.0516. The number of nitrogens with zero attached hydrogens (tertiary/aromatic N) is 3. The molecule has 0 radical (unpaired) electrons. The zero-order valence-corrected chi connectivity index (χ0v) is 11.9. The Morgan fingerprint density at radius 3 is 2.86 bits per heavy atom. The molecule has 2 heterocycles. The summed E-state index contributed by atoms with van der Waals surface area (Å²) in [5, 5.41) is 12.4. The van der Waals surface area contributed by atoms with E-state index in [0.717, 1.165) is 12.8 Å². The molecule has 1 atom stereocenters. The molecule has 0 saturated heterocycles. The molecule has 1 aliphatic rings. The van der Waals surface area contributed by atoms with Crippen LogP contribution in [0.2, 0.25) is 0 Å². The van der Waals surface area contributed by atoms with Crippen LogP contribution in [0.3, 0.4) is 0 Å². The van der Waals surface area contributed by atoms with Gasteiger partial charge >= 0.3 is 0 Å². The molecule has 21 heavy (non-hydrogen) atoms. The van der Waals surface area contributed by atoms with Crippen molar-refractivity contribution in [3.8, 4) is 5.82 Å². The second-order valence-electron chi connectivity index (χ2n) is 5.68. The van der Waals surface area contributed by atoms with Crippen molar-refractivity contribution in [2.24, 2.45) is 5.92 Å². The number of amides is 1. The summed E-state index contributed by atoms with van der Waals surface area (Å²) in [6, 6.07) is 3.49. The third-order valence-corrected chi connectivity index (χ3v) is 3.98. The number of carbonyl (C=O) groups excluding carboxylic acids is 1. The maximum atomic E-state index is 12.3. The van der Waals surface area contributed by atoms with E-state index < -0.39 is 5.54 Å². The number of rotatable bonds is 5. The Hall–Kier alpha value is -2.21. The highest BCUT2D eigenvalue weighted by atomic mass is 16.3. The summed E-state index contributed by atoms with van der Waals surface area (Å²) >= 11 is 0. The van der Waals surface area contributed by atoms with E-state index in [0.29, 0.717) is 17.3 Å². The average molecular weight is 286 g/mol. The molecule has 2 aromatic heterocycles. The molecule has 0 aromatic carbocycles. The van der Waals surface area contributed by atoms with Crippen LogP contribution in [0.4, 0.5) is 0 Å². The average Bonchev–Trinajstić information content (AvgIpc) is 3.23. The fraction of sp³-hybridized carbons (Fsp3) is 0.400. The van der Waals surface area contributed by atoms with E-state index in [-0.39, 0.29) is 12.5 Å². The molecule has 0 aliphatic heterocycles. The Labute approximate surface area is 122 Å². The summed E-state index contributed by atoms with van der Waals surface area (Å²) in [4.78, 5) is 20.5. The molecule has 110 valence electrons. The number of hydrogen-bond donors (Lipinski definition) is 2. The summed E-state index contributed by atoms with van der Waals surface area (Å²) in [7, 11) is 0. The second kappa shape index (κ2) is 5.29. The van der Waals surface area contributed by atoms with Gasteiger partial charge in [0.25, 0.3) is 5.91 Å². The fourth-order valence-electron chi connectivity index (χ4n) is 2.39. The number of aliphatic hydroxyl groups is 1. The maximum Gasteiger partial charge on any atom is 0.253 e. The van der Waals surface area contributed by atoms with Crippen molar-refractivity contribution < 1.29 is 9.90 Å². The van der Waals surface area contributed by atoms with Gasteiger partial charge in [0.15, 0.2) is 0 Å². The lowest BCUT2D eigenvalue weighted by atomic mass is 9.96. The van der Waals surface area contributed by atoms with Gasteiger partial charge in [0, 0.05) is 18.6 Å². The first-order chi connectivity index (χ1) is 10.1. The highest BCUT2D eigenvalue weighted by Crippen LogP contribution is 2.39. The van der Waals surface area contributed by atoms with E-state index in [1.54, 1.807) is 35.4 Å². The first kappa shape index (κ1) is 13.8. The van der Waals surface area contributed by atoms with Crippen LogP contribution in [-0.4, -0.2) is 37.7 Å². The lowest BCUT2D eigenvalue weighted by Gasteiger charge is -2.28. The van der Waals surface area contributed by atoms with Gasteiger partial charge in [0.05, 0.1) is 17.7 Å². The van der Waals surface area contributed by atoms with Crippen molar-refractivity contribution in [2.75, 3.05) is 6.61 Å². The normalized spacial score (nSPS) is 17.2.